The lowest BCUT2D eigenvalue weighted by Crippen LogP contribution is -2.31. The van der Waals surface area contributed by atoms with Gasteiger partial charge in [0.05, 0.1) is 12.7 Å². The minimum Gasteiger partial charge on any atom is -0.372 e. The largest absolute Gasteiger partial charge is 0.372 e. The van der Waals surface area contributed by atoms with Gasteiger partial charge in [-0.2, -0.15) is 0 Å². The Morgan fingerprint density at radius 1 is 1.39 bits per heavy atom. The lowest BCUT2D eigenvalue weighted by Gasteiger charge is -2.27. The van der Waals surface area contributed by atoms with E-state index in [1.807, 2.05) is 7.05 Å². The van der Waals surface area contributed by atoms with Gasteiger partial charge in [0.1, 0.15) is 0 Å². The molecule has 1 N–H and O–H groups in total. The monoisotopic (exact) mass is 247 g/mol. The average molecular weight is 247 g/mol. The second kappa shape index (κ2) is 6.91. The summed E-state index contributed by atoms with van der Waals surface area (Å²) in [4.78, 5) is 0. The molecule has 0 aromatic heterocycles. The average Bonchev–Trinajstić information content (AvgIpc) is 2.43. The predicted octanol–water partition coefficient (Wildman–Crippen LogP) is 3.47. The van der Waals surface area contributed by atoms with Gasteiger partial charge < -0.3 is 10.1 Å². The van der Waals surface area contributed by atoms with Gasteiger partial charge in [0.2, 0.25) is 0 Å². The van der Waals surface area contributed by atoms with Crippen LogP contribution in [0.4, 0.5) is 0 Å². The number of likely N-dealkylation sites (N-methyl/N-ethyl adjacent to an activating group) is 1. The van der Waals surface area contributed by atoms with Crippen LogP contribution in [0.25, 0.3) is 0 Å². The molecular weight excluding hydrogens is 222 g/mol. The quantitative estimate of drug-likeness (QED) is 0.831. The third kappa shape index (κ3) is 3.33. The lowest BCUT2D eigenvalue weighted by molar-refractivity contribution is 0.0263. The van der Waals surface area contributed by atoms with Crippen LogP contribution in [0.5, 0.6) is 0 Å². The van der Waals surface area contributed by atoms with Crippen molar-refractivity contribution >= 4 is 0 Å². The molecule has 0 aliphatic heterocycles. The van der Waals surface area contributed by atoms with Crippen LogP contribution in [0.1, 0.15) is 49.8 Å². The third-order valence-corrected chi connectivity index (χ3v) is 3.86. The highest BCUT2D eigenvalue weighted by atomic mass is 16.5. The van der Waals surface area contributed by atoms with Crippen molar-refractivity contribution in [1.29, 1.82) is 0 Å². The third-order valence-electron chi connectivity index (χ3n) is 3.86. The highest BCUT2D eigenvalue weighted by Gasteiger charge is 2.21. The van der Waals surface area contributed by atoms with Crippen molar-refractivity contribution in [3.05, 3.63) is 35.4 Å². The van der Waals surface area contributed by atoms with Crippen molar-refractivity contribution in [1.82, 2.24) is 5.32 Å². The van der Waals surface area contributed by atoms with Gasteiger partial charge in [-0.25, -0.2) is 0 Å². The molecule has 2 rings (SSSR count). The van der Waals surface area contributed by atoms with Crippen molar-refractivity contribution in [3.8, 4) is 0 Å². The standard InChI is InChI=1S/C16H25NO/c1-3-7-14(17-2)12-18-16-11-6-9-13-8-4-5-10-15(13)16/h4-5,8,10,14,16-17H,3,6-7,9,11-12H2,1-2H3. The molecule has 0 saturated heterocycles. The molecule has 0 bridgehead atoms. The van der Waals surface area contributed by atoms with Gasteiger partial charge in [0.25, 0.3) is 0 Å². The number of rotatable bonds is 6. The minimum absolute atomic E-state index is 0.308. The maximum Gasteiger partial charge on any atom is 0.0828 e. The van der Waals surface area contributed by atoms with Gasteiger partial charge >= 0.3 is 0 Å². The summed E-state index contributed by atoms with van der Waals surface area (Å²) in [7, 11) is 2.03. The summed E-state index contributed by atoms with van der Waals surface area (Å²) in [5.74, 6) is 0. The van der Waals surface area contributed by atoms with E-state index >= 15 is 0 Å². The van der Waals surface area contributed by atoms with E-state index in [2.05, 4.69) is 36.5 Å². The van der Waals surface area contributed by atoms with Gasteiger partial charge in [-0.1, -0.05) is 37.6 Å². The van der Waals surface area contributed by atoms with Crippen LogP contribution in [-0.2, 0) is 11.2 Å². The first-order valence-corrected chi connectivity index (χ1v) is 7.21. The Hall–Kier alpha value is -0.860. The van der Waals surface area contributed by atoms with Crippen LogP contribution < -0.4 is 5.32 Å². The fourth-order valence-corrected chi connectivity index (χ4v) is 2.77. The van der Waals surface area contributed by atoms with E-state index in [1.165, 1.54) is 43.2 Å². The van der Waals surface area contributed by atoms with Gasteiger partial charge in [-0.05, 0) is 43.9 Å². The number of hydrogen-bond acceptors (Lipinski definition) is 2. The number of ether oxygens (including phenoxy) is 1. The van der Waals surface area contributed by atoms with Crippen LogP contribution in [0.3, 0.4) is 0 Å². The topological polar surface area (TPSA) is 21.3 Å². The first-order valence-electron chi connectivity index (χ1n) is 7.21. The Labute approximate surface area is 111 Å². The van der Waals surface area contributed by atoms with Crippen molar-refractivity contribution < 1.29 is 4.74 Å². The van der Waals surface area contributed by atoms with Gasteiger partial charge in [-0.3, -0.25) is 0 Å². The van der Waals surface area contributed by atoms with E-state index in [-0.39, 0.29) is 0 Å². The highest BCUT2D eigenvalue weighted by Crippen LogP contribution is 2.32. The Morgan fingerprint density at radius 2 is 2.22 bits per heavy atom. The Morgan fingerprint density at radius 3 is 3.00 bits per heavy atom. The molecule has 2 atom stereocenters. The molecule has 0 spiro atoms. The number of fused-ring (bicyclic) bond motifs is 1. The van der Waals surface area contributed by atoms with Crippen molar-refractivity contribution in [2.45, 2.75) is 51.2 Å². The zero-order valence-corrected chi connectivity index (χ0v) is 11.6. The van der Waals surface area contributed by atoms with Gasteiger partial charge in [0, 0.05) is 6.04 Å². The molecule has 2 heteroatoms. The van der Waals surface area contributed by atoms with E-state index in [4.69, 9.17) is 4.74 Å². The lowest BCUT2D eigenvalue weighted by atomic mass is 9.89. The van der Waals surface area contributed by atoms with Crippen LogP contribution in [0.2, 0.25) is 0 Å². The maximum atomic E-state index is 6.15. The van der Waals surface area contributed by atoms with Crippen LogP contribution in [0, 0.1) is 0 Å². The zero-order valence-electron chi connectivity index (χ0n) is 11.6. The minimum atomic E-state index is 0.308. The van der Waals surface area contributed by atoms with E-state index in [1.54, 1.807) is 0 Å². The molecule has 18 heavy (non-hydrogen) atoms. The van der Waals surface area contributed by atoms with Crippen molar-refractivity contribution in [2.75, 3.05) is 13.7 Å². The highest BCUT2D eigenvalue weighted by molar-refractivity contribution is 5.31. The predicted molar refractivity (Wildman–Crippen MR) is 75.8 cm³/mol. The first-order chi connectivity index (χ1) is 8.85. The summed E-state index contributed by atoms with van der Waals surface area (Å²) >= 11 is 0. The van der Waals surface area contributed by atoms with E-state index < -0.39 is 0 Å². The summed E-state index contributed by atoms with van der Waals surface area (Å²) in [5.41, 5.74) is 2.89. The van der Waals surface area contributed by atoms with Crippen LogP contribution >= 0.6 is 0 Å². The molecule has 0 fully saturated rings. The molecule has 1 aromatic rings. The van der Waals surface area contributed by atoms with Gasteiger partial charge in [-0.15, -0.1) is 0 Å². The summed E-state index contributed by atoms with van der Waals surface area (Å²) in [5, 5.41) is 3.34. The maximum absolute atomic E-state index is 6.15. The zero-order chi connectivity index (χ0) is 12.8. The van der Waals surface area contributed by atoms with E-state index in [0.717, 1.165) is 6.61 Å². The molecule has 0 saturated carbocycles. The summed E-state index contributed by atoms with van der Waals surface area (Å²) < 4.78 is 6.15. The Balaban J connectivity index is 1.94. The number of aryl methyl sites for hydroxylation is 1. The summed E-state index contributed by atoms with van der Waals surface area (Å²) in [6, 6.07) is 9.22. The number of nitrogens with one attached hydrogen (secondary N) is 1. The van der Waals surface area contributed by atoms with Crippen LogP contribution in [-0.4, -0.2) is 19.7 Å². The number of hydrogen-bond donors (Lipinski definition) is 1. The van der Waals surface area contributed by atoms with E-state index in [9.17, 15) is 0 Å². The molecule has 0 radical (unpaired) electrons. The molecule has 1 aromatic carbocycles. The van der Waals surface area contributed by atoms with Crippen LogP contribution in [0.15, 0.2) is 24.3 Å². The molecule has 1 aliphatic carbocycles. The van der Waals surface area contributed by atoms with Gasteiger partial charge in [0.15, 0.2) is 0 Å². The molecule has 2 nitrogen and oxygen atoms in total. The van der Waals surface area contributed by atoms with E-state index in [0.29, 0.717) is 12.1 Å². The SMILES string of the molecule is CCCC(COC1CCCc2ccccc21)NC. The molecule has 1 aliphatic rings. The molecule has 2 unspecified atom stereocenters. The van der Waals surface area contributed by atoms with Crippen molar-refractivity contribution in [2.24, 2.45) is 0 Å². The second-order valence-electron chi connectivity index (χ2n) is 5.19. The smallest absolute Gasteiger partial charge is 0.0828 e. The Kier molecular flexibility index (Phi) is 5.21. The molecular formula is C16H25NO. The fraction of sp³-hybridized carbons (Fsp3) is 0.625. The Bertz CT molecular complexity index is 364. The normalized spacial score (nSPS) is 20.4. The molecule has 0 heterocycles. The summed E-state index contributed by atoms with van der Waals surface area (Å²) in [6.45, 7) is 3.05. The fourth-order valence-electron chi connectivity index (χ4n) is 2.77. The second-order valence-corrected chi connectivity index (χ2v) is 5.19. The number of benzene rings is 1. The summed E-state index contributed by atoms with van der Waals surface area (Å²) in [6.07, 6.45) is 6.32. The van der Waals surface area contributed by atoms with Crippen molar-refractivity contribution in [3.63, 3.8) is 0 Å². The molecule has 0 amide bonds. The molecule has 100 valence electrons. The first kappa shape index (κ1) is 13.6.